The number of carbonyl (C=O) groups is 2. The van der Waals surface area contributed by atoms with E-state index in [-0.39, 0.29) is 12.3 Å². The maximum Gasteiger partial charge on any atom is 0.303 e. The molecule has 0 aromatic heterocycles. The Bertz CT molecular complexity index is 499. The molecular weight excluding hydrogens is 244 g/mol. The highest BCUT2D eigenvalue weighted by Crippen LogP contribution is 2.24. The van der Waals surface area contributed by atoms with Gasteiger partial charge >= 0.3 is 5.97 Å². The van der Waals surface area contributed by atoms with Crippen molar-refractivity contribution in [2.75, 3.05) is 18.9 Å². The van der Waals surface area contributed by atoms with Crippen LogP contribution in [-0.2, 0) is 22.6 Å². The molecule has 2 N–H and O–H groups in total. The van der Waals surface area contributed by atoms with E-state index < -0.39 is 5.97 Å². The third-order valence-electron chi connectivity index (χ3n) is 3.18. The van der Waals surface area contributed by atoms with Crippen molar-refractivity contribution >= 4 is 17.6 Å². The smallest absolute Gasteiger partial charge is 0.303 e. The average Bonchev–Trinajstić information content (AvgIpc) is 2.67. The molecule has 1 aromatic carbocycles. The van der Waals surface area contributed by atoms with Gasteiger partial charge in [0.1, 0.15) is 0 Å². The van der Waals surface area contributed by atoms with Gasteiger partial charge in [-0.1, -0.05) is 12.1 Å². The van der Waals surface area contributed by atoms with E-state index in [0.717, 1.165) is 29.9 Å². The zero-order valence-corrected chi connectivity index (χ0v) is 11.0. The summed E-state index contributed by atoms with van der Waals surface area (Å²) in [5.74, 6) is -0.711. The van der Waals surface area contributed by atoms with Gasteiger partial charge in [-0.05, 0) is 37.2 Å². The molecule has 19 heavy (non-hydrogen) atoms. The number of hydrogen-bond donors (Lipinski definition) is 2. The number of carboxylic acid groups (broad SMARTS) is 1. The number of nitrogens with zero attached hydrogens (tertiary/aromatic N) is 1. The van der Waals surface area contributed by atoms with Gasteiger partial charge in [-0.25, -0.2) is 0 Å². The molecule has 1 amide bonds. The lowest BCUT2D eigenvalue weighted by molar-refractivity contribution is -0.137. The molecule has 5 nitrogen and oxygen atoms in total. The summed E-state index contributed by atoms with van der Waals surface area (Å²) in [6.45, 7) is 1.52. The minimum atomic E-state index is -0.754. The summed E-state index contributed by atoms with van der Waals surface area (Å²) in [5.41, 5.74) is 3.09. The first kappa shape index (κ1) is 13.5. The molecule has 0 radical (unpaired) electrons. The van der Waals surface area contributed by atoms with E-state index in [1.54, 1.807) is 0 Å². The standard InChI is InChI=1S/C14H18N2O3/c1-16(6-2-3-14(18)19)9-10-4-5-12-11(7-10)8-13(17)15-12/h4-5,7H,2-3,6,8-9H2,1H3,(H,15,17)(H,18,19). The van der Waals surface area contributed by atoms with Crippen LogP contribution in [-0.4, -0.2) is 35.5 Å². The monoisotopic (exact) mass is 262 g/mol. The lowest BCUT2D eigenvalue weighted by Gasteiger charge is -2.16. The van der Waals surface area contributed by atoms with Crippen molar-refractivity contribution in [3.8, 4) is 0 Å². The Hall–Kier alpha value is -1.88. The van der Waals surface area contributed by atoms with Crippen LogP contribution in [0.25, 0.3) is 0 Å². The first-order valence-electron chi connectivity index (χ1n) is 6.36. The topological polar surface area (TPSA) is 69.6 Å². The van der Waals surface area contributed by atoms with Crippen LogP contribution in [0.2, 0.25) is 0 Å². The summed E-state index contributed by atoms with van der Waals surface area (Å²) in [7, 11) is 1.97. The number of carbonyl (C=O) groups excluding carboxylic acids is 1. The Labute approximate surface area is 112 Å². The Morgan fingerprint density at radius 2 is 2.26 bits per heavy atom. The minimum Gasteiger partial charge on any atom is -0.481 e. The Kier molecular flexibility index (Phi) is 4.16. The predicted molar refractivity (Wildman–Crippen MR) is 72.0 cm³/mol. The van der Waals surface area contributed by atoms with Crippen LogP contribution >= 0.6 is 0 Å². The molecule has 0 bridgehead atoms. The molecule has 2 rings (SSSR count). The first-order valence-corrected chi connectivity index (χ1v) is 6.36. The van der Waals surface area contributed by atoms with Gasteiger partial charge in [-0.2, -0.15) is 0 Å². The van der Waals surface area contributed by atoms with Crippen LogP contribution < -0.4 is 5.32 Å². The summed E-state index contributed by atoms with van der Waals surface area (Å²) < 4.78 is 0. The fourth-order valence-corrected chi connectivity index (χ4v) is 2.27. The van der Waals surface area contributed by atoms with Crippen molar-refractivity contribution in [1.82, 2.24) is 4.90 Å². The molecular formula is C14H18N2O3. The SMILES string of the molecule is CN(CCCC(=O)O)Cc1ccc2c(c1)CC(=O)N2. The average molecular weight is 262 g/mol. The summed E-state index contributed by atoms with van der Waals surface area (Å²) in [4.78, 5) is 23.8. The molecule has 1 aliphatic rings. The lowest BCUT2D eigenvalue weighted by Crippen LogP contribution is -2.19. The van der Waals surface area contributed by atoms with E-state index in [1.165, 1.54) is 0 Å². The second-order valence-corrected chi connectivity index (χ2v) is 4.95. The number of fused-ring (bicyclic) bond motifs is 1. The number of rotatable bonds is 6. The van der Waals surface area contributed by atoms with Crippen LogP contribution in [0.4, 0.5) is 5.69 Å². The quantitative estimate of drug-likeness (QED) is 0.814. The van der Waals surface area contributed by atoms with Crippen molar-refractivity contribution in [3.63, 3.8) is 0 Å². The van der Waals surface area contributed by atoms with Gasteiger partial charge in [0.2, 0.25) is 5.91 Å². The number of nitrogens with one attached hydrogen (secondary N) is 1. The molecule has 1 aliphatic heterocycles. The first-order chi connectivity index (χ1) is 9.04. The number of aliphatic carboxylic acids is 1. The van der Waals surface area contributed by atoms with E-state index in [1.807, 2.05) is 25.2 Å². The second-order valence-electron chi connectivity index (χ2n) is 4.95. The fourth-order valence-electron chi connectivity index (χ4n) is 2.27. The molecule has 0 saturated heterocycles. The number of benzene rings is 1. The van der Waals surface area contributed by atoms with E-state index in [4.69, 9.17) is 5.11 Å². The largest absolute Gasteiger partial charge is 0.481 e. The van der Waals surface area contributed by atoms with Crippen LogP contribution in [0.15, 0.2) is 18.2 Å². The van der Waals surface area contributed by atoms with Gasteiger partial charge in [0.25, 0.3) is 0 Å². The molecule has 1 heterocycles. The van der Waals surface area contributed by atoms with Crippen LogP contribution in [0, 0.1) is 0 Å². The van der Waals surface area contributed by atoms with Crippen LogP contribution in [0.3, 0.4) is 0 Å². The van der Waals surface area contributed by atoms with Gasteiger partial charge in [0.15, 0.2) is 0 Å². The summed E-state index contributed by atoms with van der Waals surface area (Å²) in [5, 5.41) is 11.4. The van der Waals surface area contributed by atoms with Crippen molar-refractivity contribution in [3.05, 3.63) is 29.3 Å². The Balaban J connectivity index is 1.88. The van der Waals surface area contributed by atoms with E-state index in [9.17, 15) is 9.59 Å². The highest BCUT2D eigenvalue weighted by atomic mass is 16.4. The highest BCUT2D eigenvalue weighted by molar-refractivity contribution is 5.99. The van der Waals surface area contributed by atoms with Crippen molar-refractivity contribution < 1.29 is 14.7 Å². The molecule has 0 spiro atoms. The molecule has 0 fully saturated rings. The van der Waals surface area contributed by atoms with Crippen molar-refractivity contribution in [1.29, 1.82) is 0 Å². The number of amides is 1. The Morgan fingerprint density at radius 3 is 3.00 bits per heavy atom. The van der Waals surface area contributed by atoms with E-state index in [0.29, 0.717) is 12.8 Å². The van der Waals surface area contributed by atoms with Gasteiger partial charge in [0, 0.05) is 18.7 Å². The van der Waals surface area contributed by atoms with Gasteiger partial charge in [-0.3, -0.25) is 9.59 Å². The van der Waals surface area contributed by atoms with Gasteiger partial charge in [0.05, 0.1) is 6.42 Å². The zero-order valence-electron chi connectivity index (χ0n) is 11.0. The minimum absolute atomic E-state index is 0.0435. The second kappa shape index (κ2) is 5.84. The summed E-state index contributed by atoms with van der Waals surface area (Å²) in [6.07, 6.45) is 1.30. The molecule has 1 aromatic rings. The van der Waals surface area contributed by atoms with Crippen LogP contribution in [0.5, 0.6) is 0 Å². The maximum atomic E-state index is 11.3. The molecule has 5 heteroatoms. The van der Waals surface area contributed by atoms with E-state index >= 15 is 0 Å². The fraction of sp³-hybridized carbons (Fsp3) is 0.429. The molecule has 102 valence electrons. The summed E-state index contributed by atoms with van der Waals surface area (Å²) in [6, 6.07) is 5.97. The van der Waals surface area contributed by atoms with Gasteiger partial charge < -0.3 is 15.3 Å². The van der Waals surface area contributed by atoms with Crippen molar-refractivity contribution in [2.24, 2.45) is 0 Å². The molecule has 0 unspecified atom stereocenters. The lowest BCUT2D eigenvalue weighted by atomic mass is 10.1. The number of anilines is 1. The molecule has 0 saturated carbocycles. The predicted octanol–water partition coefficient (Wildman–Crippen LogP) is 1.48. The third kappa shape index (κ3) is 3.79. The van der Waals surface area contributed by atoms with E-state index in [2.05, 4.69) is 10.2 Å². The highest BCUT2D eigenvalue weighted by Gasteiger charge is 2.17. The Morgan fingerprint density at radius 1 is 1.47 bits per heavy atom. The van der Waals surface area contributed by atoms with Crippen LogP contribution in [0.1, 0.15) is 24.0 Å². The molecule has 0 atom stereocenters. The normalized spacial score (nSPS) is 13.5. The van der Waals surface area contributed by atoms with Crippen molar-refractivity contribution in [2.45, 2.75) is 25.8 Å². The zero-order chi connectivity index (χ0) is 13.8. The maximum absolute atomic E-state index is 11.3. The molecule has 0 aliphatic carbocycles. The summed E-state index contributed by atoms with van der Waals surface area (Å²) >= 11 is 0. The third-order valence-corrected chi connectivity index (χ3v) is 3.18. The number of carboxylic acids is 1. The van der Waals surface area contributed by atoms with Gasteiger partial charge in [-0.15, -0.1) is 0 Å². The number of hydrogen-bond acceptors (Lipinski definition) is 3.